The van der Waals surface area contributed by atoms with Gasteiger partial charge < -0.3 is 9.84 Å². The Bertz CT molecular complexity index is 335. The molecule has 1 aliphatic rings. The van der Waals surface area contributed by atoms with Gasteiger partial charge in [-0.2, -0.15) is 0 Å². The lowest BCUT2D eigenvalue weighted by Crippen LogP contribution is -2.44. The Labute approximate surface area is 96.0 Å². The van der Waals surface area contributed by atoms with Crippen LogP contribution in [0.3, 0.4) is 0 Å². The van der Waals surface area contributed by atoms with E-state index in [4.69, 9.17) is 9.84 Å². The first kappa shape index (κ1) is 13.0. The van der Waals surface area contributed by atoms with E-state index in [0.717, 1.165) is 4.90 Å². The van der Waals surface area contributed by atoms with Crippen LogP contribution in [-0.4, -0.2) is 49.6 Å². The Morgan fingerprint density at radius 1 is 1.44 bits per heavy atom. The summed E-state index contributed by atoms with van der Waals surface area (Å²) in [7, 11) is -1.54. The first-order chi connectivity index (χ1) is 7.22. The third kappa shape index (κ3) is 2.94. The first-order valence-electron chi connectivity index (χ1n) is 4.82. The average molecular weight is 249 g/mol. The summed E-state index contributed by atoms with van der Waals surface area (Å²) in [6.07, 6.45) is -0.731. The second-order valence-corrected chi connectivity index (χ2v) is 6.07. The molecule has 1 saturated heterocycles. The van der Waals surface area contributed by atoms with Gasteiger partial charge in [0.1, 0.15) is 5.60 Å². The fraction of sp³-hybridized carbons (Fsp3) is 0.778. The molecule has 7 heteroatoms. The van der Waals surface area contributed by atoms with Crippen LogP contribution >= 0.6 is 0 Å². The van der Waals surface area contributed by atoms with Gasteiger partial charge in [-0.3, -0.25) is 9.11 Å². The molecule has 1 aliphatic heterocycles. The molecule has 0 aromatic rings. The van der Waals surface area contributed by atoms with E-state index in [0.29, 0.717) is 0 Å². The van der Waals surface area contributed by atoms with Crippen LogP contribution in [0.1, 0.15) is 20.8 Å². The summed E-state index contributed by atoms with van der Waals surface area (Å²) in [5, 5.41) is 7.58. The van der Waals surface area contributed by atoms with Gasteiger partial charge >= 0.3 is 12.1 Å². The molecule has 0 aliphatic carbocycles. The van der Waals surface area contributed by atoms with Crippen LogP contribution < -0.4 is 0 Å². The molecule has 16 heavy (non-hydrogen) atoms. The maximum Gasteiger partial charge on any atom is 0.411 e. The van der Waals surface area contributed by atoms with Crippen molar-refractivity contribution in [2.75, 3.05) is 12.3 Å². The van der Waals surface area contributed by atoms with E-state index >= 15 is 0 Å². The van der Waals surface area contributed by atoms with Crippen molar-refractivity contribution in [3.8, 4) is 0 Å². The lowest BCUT2D eigenvalue weighted by atomic mass is 10.2. The Kier molecular flexibility index (Phi) is 3.57. The third-order valence-corrected chi connectivity index (χ3v) is 3.44. The highest BCUT2D eigenvalue weighted by atomic mass is 32.2. The number of hydrogen-bond acceptors (Lipinski definition) is 4. The van der Waals surface area contributed by atoms with E-state index in [1.54, 1.807) is 20.8 Å². The van der Waals surface area contributed by atoms with Crippen molar-refractivity contribution in [2.24, 2.45) is 0 Å². The van der Waals surface area contributed by atoms with E-state index in [1.165, 1.54) is 0 Å². The minimum absolute atomic E-state index is 0.151. The van der Waals surface area contributed by atoms with Crippen molar-refractivity contribution >= 4 is 22.9 Å². The predicted molar refractivity (Wildman–Crippen MR) is 57.4 cm³/mol. The molecule has 0 saturated carbocycles. The largest absolute Gasteiger partial charge is 0.479 e. The Hall–Kier alpha value is -1.11. The number of amides is 1. The molecule has 92 valence electrons. The third-order valence-electron chi connectivity index (χ3n) is 1.90. The zero-order chi connectivity index (χ0) is 12.5. The first-order valence-corrected chi connectivity index (χ1v) is 6.20. The number of carboxylic acid groups (broad SMARTS) is 1. The van der Waals surface area contributed by atoms with Crippen molar-refractivity contribution in [1.29, 1.82) is 0 Å². The highest BCUT2D eigenvalue weighted by molar-refractivity contribution is 7.86. The van der Waals surface area contributed by atoms with E-state index in [-0.39, 0.29) is 12.3 Å². The zero-order valence-electron chi connectivity index (χ0n) is 9.43. The average Bonchev–Trinajstić information content (AvgIpc) is 2.43. The van der Waals surface area contributed by atoms with E-state index in [9.17, 15) is 13.8 Å². The molecule has 1 unspecified atom stereocenters. The molecule has 0 radical (unpaired) electrons. The van der Waals surface area contributed by atoms with Crippen molar-refractivity contribution in [1.82, 2.24) is 4.90 Å². The molecule has 0 aromatic heterocycles. The maximum atomic E-state index is 11.6. The fourth-order valence-corrected chi connectivity index (χ4v) is 2.61. The van der Waals surface area contributed by atoms with Gasteiger partial charge in [0.2, 0.25) is 5.37 Å². The standard InChI is InChI=1S/C9H15NO5S/c1-9(2,3)15-8(13)10-4-5-16(14)6(10)7(11)12/h6H,4-5H2,1-3H3,(H,11,12)/t6-,16?/m0/s1. The molecule has 1 fully saturated rings. The van der Waals surface area contributed by atoms with Crippen LogP contribution in [0.5, 0.6) is 0 Å². The van der Waals surface area contributed by atoms with Gasteiger partial charge in [0.05, 0.1) is 10.8 Å². The molecule has 6 nitrogen and oxygen atoms in total. The number of carbonyl (C=O) groups excluding carboxylic acids is 1. The second kappa shape index (κ2) is 4.40. The number of carbonyl (C=O) groups is 2. The van der Waals surface area contributed by atoms with E-state index < -0.39 is 33.8 Å². The smallest absolute Gasteiger partial charge is 0.411 e. The molecular weight excluding hydrogens is 234 g/mol. The molecule has 1 N–H and O–H groups in total. The molecule has 1 amide bonds. The number of ether oxygens (including phenoxy) is 1. The van der Waals surface area contributed by atoms with Crippen LogP contribution in [0.2, 0.25) is 0 Å². The van der Waals surface area contributed by atoms with Crippen molar-refractivity contribution in [2.45, 2.75) is 31.7 Å². The van der Waals surface area contributed by atoms with Crippen LogP contribution in [0.4, 0.5) is 4.79 Å². The highest BCUT2D eigenvalue weighted by Crippen LogP contribution is 2.18. The van der Waals surface area contributed by atoms with Crippen molar-refractivity contribution in [3.63, 3.8) is 0 Å². The summed E-state index contributed by atoms with van der Waals surface area (Å²) in [4.78, 5) is 23.5. The fourth-order valence-electron chi connectivity index (χ4n) is 1.31. The Balaban J connectivity index is 2.77. The summed E-state index contributed by atoms with van der Waals surface area (Å²) in [6, 6.07) is 0. The summed E-state index contributed by atoms with van der Waals surface area (Å²) >= 11 is 0. The summed E-state index contributed by atoms with van der Waals surface area (Å²) in [6.45, 7) is 5.22. The van der Waals surface area contributed by atoms with Crippen molar-refractivity contribution < 1.29 is 23.6 Å². The van der Waals surface area contributed by atoms with Gasteiger partial charge in [0.25, 0.3) is 0 Å². The maximum absolute atomic E-state index is 11.6. The number of aliphatic carboxylic acids is 1. The molecule has 1 rings (SSSR count). The highest BCUT2D eigenvalue weighted by Gasteiger charge is 2.41. The minimum atomic E-state index is -1.54. The van der Waals surface area contributed by atoms with Gasteiger partial charge in [0, 0.05) is 12.3 Å². The predicted octanol–water partition coefficient (Wildman–Crippen LogP) is 0.397. The second-order valence-electron chi connectivity index (χ2n) is 4.45. The summed E-state index contributed by atoms with van der Waals surface area (Å²) < 4.78 is 16.4. The quantitative estimate of drug-likeness (QED) is 0.727. The molecule has 0 bridgehead atoms. The van der Waals surface area contributed by atoms with Gasteiger partial charge in [-0.25, -0.2) is 9.59 Å². The van der Waals surface area contributed by atoms with E-state index in [1.807, 2.05) is 0 Å². The Morgan fingerprint density at radius 3 is 2.44 bits per heavy atom. The molecule has 2 atom stereocenters. The lowest BCUT2D eigenvalue weighted by Gasteiger charge is -2.25. The number of nitrogens with zero attached hydrogens (tertiary/aromatic N) is 1. The number of hydrogen-bond donors (Lipinski definition) is 1. The topological polar surface area (TPSA) is 83.9 Å². The summed E-state index contributed by atoms with van der Waals surface area (Å²) in [5.74, 6) is -1.09. The van der Waals surface area contributed by atoms with Crippen LogP contribution in [0.25, 0.3) is 0 Å². The van der Waals surface area contributed by atoms with Gasteiger partial charge in [-0.05, 0) is 20.8 Å². The monoisotopic (exact) mass is 249 g/mol. The number of carboxylic acids is 1. The normalized spacial score (nSPS) is 25.6. The van der Waals surface area contributed by atoms with Crippen LogP contribution in [-0.2, 0) is 20.3 Å². The lowest BCUT2D eigenvalue weighted by molar-refractivity contribution is -0.139. The Morgan fingerprint density at radius 2 is 2.00 bits per heavy atom. The van der Waals surface area contributed by atoms with Gasteiger partial charge in [-0.1, -0.05) is 0 Å². The zero-order valence-corrected chi connectivity index (χ0v) is 10.2. The van der Waals surface area contributed by atoms with E-state index in [2.05, 4.69) is 0 Å². The minimum Gasteiger partial charge on any atom is -0.479 e. The van der Waals surface area contributed by atoms with Gasteiger partial charge in [0.15, 0.2) is 0 Å². The summed E-state index contributed by atoms with van der Waals surface area (Å²) in [5.41, 5.74) is -0.690. The van der Waals surface area contributed by atoms with Crippen LogP contribution in [0.15, 0.2) is 0 Å². The number of rotatable bonds is 1. The SMILES string of the molecule is CC(C)(C)OC(=O)N1CCS(=O)[C@H]1C(=O)O. The van der Waals surface area contributed by atoms with Crippen molar-refractivity contribution in [3.05, 3.63) is 0 Å². The molecular formula is C9H15NO5S. The molecule has 0 spiro atoms. The van der Waals surface area contributed by atoms with Crippen LogP contribution in [0, 0.1) is 0 Å². The molecule has 1 heterocycles. The van der Waals surface area contributed by atoms with Gasteiger partial charge in [-0.15, -0.1) is 0 Å². The molecule has 0 aromatic carbocycles.